The van der Waals surface area contributed by atoms with Gasteiger partial charge in [-0.05, 0) is 56.2 Å². The first kappa shape index (κ1) is 17.8. The Morgan fingerprint density at radius 2 is 2.00 bits per heavy atom. The van der Waals surface area contributed by atoms with Crippen LogP contribution in [0.4, 0.5) is 5.13 Å². The number of carbonyl (C=O) groups is 1. The van der Waals surface area contributed by atoms with Crippen molar-refractivity contribution in [3.05, 3.63) is 58.0 Å². The molecule has 3 aromatic rings. The maximum atomic E-state index is 12.6. The predicted octanol–water partition coefficient (Wildman–Crippen LogP) is 4.60. The van der Waals surface area contributed by atoms with E-state index in [1.54, 1.807) is 6.20 Å². The number of carbonyl (C=O) groups excluding carboxylic acids is 1. The quantitative estimate of drug-likeness (QED) is 0.720. The van der Waals surface area contributed by atoms with Crippen molar-refractivity contribution in [1.29, 1.82) is 0 Å². The fourth-order valence-electron chi connectivity index (χ4n) is 3.50. The van der Waals surface area contributed by atoms with Gasteiger partial charge in [-0.1, -0.05) is 19.1 Å². The predicted molar refractivity (Wildman–Crippen MR) is 108 cm³/mol. The molecular weight excluding hydrogens is 356 g/mol. The lowest BCUT2D eigenvalue weighted by Gasteiger charge is -2.16. The van der Waals surface area contributed by atoms with Gasteiger partial charge >= 0.3 is 0 Å². The highest BCUT2D eigenvalue weighted by Crippen LogP contribution is 2.29. The van der Waals surface area contributed by atoms with Gasteiger partial charge in [0.25, 0.3) is 5.91 Å². The van der Waals surface area contributed by atoms with Crippen molar-refractivity contribution in [3.63, 3.8) is 0 Å². The summed E-state index contributed by atoms with van der Waals surface area (Å²) in [6.45, 7) is 3.81. The Hall–Kier alpha value is -2.60. The van der Waals surface area contributed by atoms with Crippen molar-refractivity contribution >= 4 is 22.4 Å². The number of hydrogen-bond acceptors (Lipinski definition) is 5. The average molecular weight is 379 g/mol. The van der Waals surface area contributed by atoms with E-state index >= 15 is 0 Å². The van der Waals surface area contributed by atoms with Crippen molar-refractivity contribution in [3.8, 4) is 11.3 Å². The summed E-state index contributed by atoms with van der Waals surface area (Å²) in [6.07, 6.45) is 7.13. The number of nitrogens with zero attached hydrogens (tertiary/aromatic N) is 3. The Morgan fingerprint density at radius 1 is 1.19 bits per heavy atom. The third-order valence-electron chi connectivity index (χ3n) is 4.94. The van der Waals surface area contributed by atoms with E-state index in [9.17, 15) is 4.79 Å². The summed E-state index contributed by atoms with van der Waals surface area (Å²) >= 11 is 1.44. The van der Waals surface area contributed by atoms with E-state index in [2.05, 4.69) is 38.5 Å². The molecule has 0 saturated heterocycles. The fraction of sp³-hybridized carbons (Fsp3) is 0.333. The van der Waals surface area contributed by atoms with Crippen LogP contribution in [0, 0.1) is 6.92 Å². The van der Waals surface area contributed by atoms with Gasteiger partial charge in [-0.2, -0.15) is 0 Å². The number of nitrogens with one attached hydrogen (secondary N) is 1. The van der Waals surface area contributed by atoms with Gasteiger partial charge in [-0.15, -0.1) is 11.3 Å². The molecular formula is C21H22N4OS. The van der Waals surface area contributed by atoms with Crippen LogP contribution in [-0.2, 0) is 19.3 Å². The molecule has 5 nitrogen and oxygen atoms in total. The minimum absolute atomic E-state index is 0.210. The lowest BCUT2D eigenvalue weighted by molar-refractivity contribution is 0.102. The molecule has 1 N–H and O–H groups in total. The lowest BCUT2D eigenvalue weighted by Crippen LogP contribution is -2.16. The molecule has 0 atom stereocenters. The van der Waals surface area contributed by atoms with Crippen molar-refractivity contribution < 1.29 is 4.79 Å². The average Bonchev–Trinajstić information content (AvgIpc) is 3.15. The van der Waals surface area contributed by atoms with Crippen LogP contribution in [0.1, 0.15) is 52.8 Å². The van der Waals surface area contributed by atoms with Gasteiger partial charge in [0.05, 0.1) is 17.0 Å². The van der Waals surface area contributed by atoms with Gasteiger partial charge in [0.15, 0.2) is 5.13 Å². The molecule has 0 bridgehead atoms. The number of fused-ring (bicyclic) bond motifs is 1. The van der Waals surface area contributed by atoms with Crippen molar-refractivity contribution in [2.24, 2.45) is 0 Å². The second kappa shape index (κ2) is 7.56. The molecule has 1 aliphatic rings. The van der Waals surface area contributed by atoms with Crippen LogP contribution in [0.25, 0.3) is 11.3 Å². The van der Waals surface area contributed by atoms with Gasteiger partial charge in [0.1, 0.15) is 5.82 Å². The fourth-order valence-corrected chi connectivity index (χ4v) is 4.21. The lowest BCUT2D eigenvalue weighted by atomic mass is 9.90. The van der Waals surface area contributed by atoms with Crippen molar-refractivity contribution in [2.75, 3.05) is 5.32 Å². The monoisotopic (exact) mass is 378 g/mol. The van der Waals surface area contributed by atoms with Crippen LogP contribution in [0.15, 0.2) is 29.8 Å². The molecule has 2 aromatic heterocycles. The standard InChI is InChI=1S/C21H22N4OS/c1-3-18-17(11-22-13(2)23-18)20(26)25-21-24-19(12-27-21)16-9-8-14-6-4-5-7-15(14)10-16/h8-12H,3-7H2,1-2H3,(H,24,25,26). The van der Waals surface area contributed by atoms with Crippen LogP contribution in [0.5, 0.6) is 0 Å². The topological polar surface area (TPSA) is 67.8 Å². The third-order valence-corrected chi connectivity index (χ3v) is 5.69. The number of rotatable bonds is 4. The summed E-state index contributed by atoms with van der Waals surface area (Å²) in [6, 6.07) is 6.60. The number of benzene rings is 1. The molecule has 4 rings (SSSR count). The van der Waals surface area contributed by atoms with Crippen LogP contribution in [-0.4, -0.2) is 20.9 Å². The van der Waals surface area contributed by atoms with Gasteiger partial charge in [0.2, 0.25) is 0 Å². The summed E-state index contributed by atoms with van der Waals surface area (Å²) in [7, 11) is 0. The second-order valence-electron chi connectivity index (χ2n) is 6.81. The van der Waals surface area contributed by atoms with Crippen LogP contribution in [0.3, 0.4) is 0 Å². The zero-order valence-electron chi connectivity index (χ0n) is 15.6. The maximum Gasteiger partial charge on any atom is 0.260 e. The van der Waals surface area contributed by atoms with Gasteiger partial charge < -0.3 is 0 Å². The Kier molecular flexibility index (Phi) is 4.99. The SMILES string of the molecule is CCc1nc(C)ncc1C(=O)Nc1nc(-c2ccc3c(c2)CCCC3)cs1. The first-order valence-electron chi connectivity index (χ1n) is 9.35. The Balaban J connectivity index is 1.54. The van der Waals surface area contributed by atoms with Gasteiger partial charge in [0, 0.05) is 17.1 Å². The Morgan fingerprint density at radius 3 is 2.81 bits per heavy atom. The zero-order valence-corrected chi connectivity index (χ0v) is 16.4. The van der Waals surface area contributed by atoms with E-state index in [1.807, 2.05) is 19.2 Å². The highest BCUT2D eigenvalue weighted by atomic mass is 32.1. The molecule has 2 heterocycles. The summed E-state index contributed by atoms with van der Waals surface area (Å²) in [4.78, 5) is 25.7. The van der Waals surface area contributed by atoms with Crippen molar-refractivity contribution in [2.45, 2.75) is 46.0 Å². The number of amides is 1. The molecule has 0 spiro atoms. The van der Waals surface area contributed by atoms with Gasteiger partial charge in [-0.3, -0.25) is 10.1 Å². The number of thiazole rings is 1. The van der Waals surface area contributed by atoms with E-state index in [0.29, 0.717) is 22.9 Å². The molecule has 1 amide bonds. The van der Waals surface area contributed by atoms with E-state index in [-0.39, 0.29) is 5.91 Å². The summed E-state index contributed by atoms with van der Waals surface area (Å²) in [5.74, 6) is 0.463. The van der Waals surface area contributed by atoms with E-state index in [1.165, 1.54) is 41.7 Å². The number of aryl methyl sites for hydroxylation is 4. The normalized spacial score (nSPS) is 13.3. The summed E-state index contributed by atoms with van der Waals surface area (Å²) in [5, 5.41) is 5.48. The molecule has 1 aromatic carbocycles. The number of anilines is 1. The molecule has 6 heteroatoms. The second-order valence-corrected chi connectivity index (χ2v) is 7.67. The third kappa shape index (κ3) is 3.76. The first-order valence-corrected chi connectivity index (χ1v) is 10.2. The summed E-state index contributed by atoms with van der Waals surface area (Å²) in [5.41, 5.74) is 6.17. The maximum absolute atomic E-state index is 12.6. The van der Waals surface area contributed by atoms with E-state index < -0.39 is 0 Å². The largest absolute Gasteiger partial charge is 0.298 e. The highest BCUT2D eigenvalue weighted by Gasteiger charge is 2.16. The highest BCUT2D eigenvalue weighted by molar-refractivity contribution is 7.14. The number of hydrogen-bond donors (Lipinski definition) is 1. The number of aromatic nitrogens is 3. The summed E-state index contributed by atoms with van der Waals surface area (Å²) < 4.78 is 0. The Bertz CT molecular complexity index is 996. The zero-order chi connectivity index (χ0) is 18.8. The van der Waals surface area contributed by atoms with E-state index in [4.69, 9.17) is 0 Å². The van der Waals surface area contributed by atoms with Gasteiger partial charge in [-0.25, -0.2) is 15.0 Å². The minimum atomic E-state index is -0.210. The minimum Gasteiger partial charge on any atom is -0.298 e. The molecule has 1 aliphatic carbocycles. The molecule has 138 valence electrons. The Labute approximate surface area is 162 Å². The molecule has 0 saturated carbocycles. The molecule has 0 aliphatic heterocycles. The molecule has 27 heavy (non-hydrogen) atoms. The smallest absolute Gasteiger partial charge is 0.260 e. The first-order chi connectivity index (χ1) is 13.1. The van der Waals surface area contributed by atoms with Crippen LogP contribution < -0.4 is 5.32 Å². The molecule has 0 radical (unpaired) electrons. The molecule has 0 unspecified atom stereocenters. The van der Waals surface area contributed by atoms with E-state index in [0.717, 1.165) is 23.4 Å². The van der Waals surface area contributed by atoms with Crippen LogP contribution in [0.2, 0.25) is 0 Å². The molecule has 0 fully saturated rings. The van der Waals surface area contributed by atoms with Crippen molar-refractivity contribution in [1.82, 2.24) is 15.0 Å². The van der Waals surface area contributed by atoms with Crippen LogP contribution >= 0.6 is 11.3 Å².